The van der Waals surface area contributed by atoms with E-state index in [-0.39, 0.29) is 18.6 Å². The van der Waals surface area contributed by atoms with Crippen molar-refractivity contribution in [2.75, 3.05) is 13.1 Å². The van der Waals surface area contributed by atoms with Crippen molar-refractivity contribution in [3.63, 3.8) is 0 Å². The molecule has 0 aromatic heterocycles. The number of aromatic hydroxyl groups is 1. The van der Waals surface area contributed by atoms with E-state index < -0.39 is 48.4 Å². The van der Waals surface area contributed by atoms with Crippen LogP contribution in [-0.4, -0.2) is 65.1 Å². The van der Waals surface area contributed by atoms with Gasteiger partial charge in [0.1, 0.15) is 17.8 Å². The third-order valence-corrected chi connectivity index (χ3v) is 4.43. The van der Waals surface area contributed by atoms with Crippen molar-refractivity contribution in [1.82, 2.24) is 16.0 Å². The lowest BCUT2D eigenvalue weighted by Crippen LogP contribution is -2.54. The summed E-state index contributed by atoms with van der Waals surface area (Å²) >= 11 is 0. The molecule has 0 saturated carbocycles. The fourth-order valence-electron chi connectivity index (χ4n) is 2.67. The number of nitrogens with one attached hydrogen (secondary N) is 3. The van der Waals surface area contributed by atoms with E-state index in [2.05, 4.69) is 16.0 Å². The summed E-state index contributed by atoms with van der Waals surface area (Å²) in [6.07, 6.45) is 1.38. The number of carbonyl (C=O) groups excluding carboxylic acids is 3. The molecule has 11 heteroatoms. The minimum absolute atomic E-state index is 0.0400. The molecule has 3 amide bonds. The molecule has 0 aliphatic carbocycles. The molecule has 0 aliphatic rings. The van der Waals surface area contributed by atoms with Gasteiger partial charge >= 0.3 is 5.97 Å². The molecule has 0 heterocycles. The second-order valence-electron chi connectivity index (χ2n) is 7.18. The van der Waals surface area contributed by atoms with Gasteiger partial charge in [-0.15, -0.1) is 0 Å². The van der Waals surface area contributed by atoms with Gasteiger partial charge in [0.2, 0.25) is 17.7 Å². The van der Waals surface area contributed by atoms with E-state index in [0.717, 1.165) is 0 Å². The molecule has 0 saturated heterocycles. The maximum atomic E-state index is 12.8. The van der Waals surface area contributed by atoms with E-state index in [1.807, 2.05) is 0 Å². The van der Waals surface area contributed by atoms with Crippen LogP contribution in [0.15, 0.2) is 24.3 Å². The van der Waals surface area contributed by atoms with Crippen molar-refractivity contribution in [3.05, 3.63) is 29.8 Å². The lowest BCUT2D eigenvalue weighted by atomic mass is 10.0. The highest BCUT2D eigenvalue weighted by Gasteiger charge is 2.26. The number of hydrogen-bond acceptors (Lipinski definition) is 7. The number of amides is 3. The molecule has 9 N–H and O–H groups in total. The molecular weight excluding hydrogens is 406 g/mol. The SMILES string of the molecule is CC(N)C(=O)NCC(=O)NC(Cc1ccc(O)cc1)C(=O)NC(CCCCN)C(=O)O. The standard InChI is InChI=1S/C20H31N5O6/c1-12(22)18(28)23-11-17(27)24-16(10-13-5-7-14(26)8-6-13)19(29)25-15(20(30)31)4-2-3-9-21/h5-8,12,15-16,26H,2-4,9-11,21-22H2,1H3,(H,23,28)(H,24,27)(H,25,29)(H,30,31). The van der Waals surface area contributed by atoms with Crippen LogP contribution < -0.4 is 27.4 Å². The minimum atomic E-state index is -1.19. The number of benzene rings is 1. The van der Waals surface area contributed by atoms with Crippen LogP contribution in [-0.2, 0) is 25.6 Å². The Balaban J connectivity index is 2.87. The van der Waals surface area contributed by atoms with E-state index in [9.17, 15) is 29.4 Å². The summed E-state index contributed by atoms with van der Waals surface area (Å²) in [7, 11) is 0. The van der Waals surface area contributed by atoms with Crippen LogP contribution in [0.25, 0.3) is 0 Å². The maximum absolute atomic E-state index is 12.8. The zero-order valence-electron chi connectivity index (χ0n) is 17.5. The summed E-state index contributed by atoms with van der Waals surface area (Å²) in [5.41, 5.74) is 11.5. The molecule has 3 atom stereocenters. The summed E-state index contributed by atoms with van der Waals surface area (Å²) in [6, 6.07) is 3.00. The molecule has 0 bridgehead atoms. The van der Waals surface area contributed by atoms with Crippen LogP contribution in [0.1, 0.15) is 31.7 Å². The molecule has 1 aromatic carbocycles. The number of carboxylic acids is 1. The third-order valence-electron chi connectivity index (χ3n) is 4.43. The monoisotopic (exact) mass is 437 g/mol. The van der Waals surface area contributed by atoms with Gasteiger partial charge in [0, 0.05) is 6.42 Å². The number of aliphatic carboxylic acids is 1. The molecule has 172 valence electrons. The van der Waals surface area contributed by atoms with Crippen molar-refractivity contribution in [3.8, 4) is 5.75 Å². The van der Waals surface area contributed by atoms with Crippen molar-refractivity contribution in [2.24, 2.45) is 11.5 Å². The number of rotatable bonds is 13. The summed E-state index contributed by atoms with van der Waals surface area (Å²) in [6.45, 7) is 1.48. The molecule has 0 aliphatic heterocycles. The van der Waals surface area contributed by atoms with Gasteiger partial charge in [-0.05, 0) is 50.4 Å². The van der Waals surface area contributed by atoms with Gasteiger partial charge in [0.05, 0.1) is 12.6 Å². The molecule has 0 spiro atoms. The van der Waals surface area contributed by atoms with Gasteiger partial charge < -0.3 is 37.6 Å². The number of phenols is 1. The summed E-state index contributed by atoms with van der Waals surface area (Å²) in [5.74, 6) is -2.99. The van der Waals surface area contributed by atoms with Crippen LogP contribution in [0.3, 0.4) is 0 Å². The fourth-order valence-corrected chi connectivity index (χ4v) is 2.67. The Morgan fingerprint density at radius 2 is 1.65 bits per heavy atom. The zero-order chi connectivity index (χ0) is 23.4. The maximum Gasteiger partial charge on any atom is 0.326 e. The highest BCUT2D eigenvalue weighted by Crippen LogP contribution is 2.12. The quantitative estimate of drug-likeness (QED) is 0.182. The van der Waals surface area contributed by atoms with Crippen molar-refractivity contribution in [2.45, 2.75) is 50.7 Å². The lowest BCUT2D eigenvalue weighted by molar-refractivity contribution is -0.142. The van der Waals surface area contributed by atoms with Gasteiger partial charge in [0.15, 0.2) is 0 Å². The zero-order valence-corrected chi connectivity index (χ0v) is 17.5. The number of nitrogens with two attached hydrogens (primary N) is 2. The Labute approximate surface area is 180 Å². The number of carboxylic acid groups (broad SMARTS) is 1. The smallest absolute Gasteiger partial charge is 0.326 e. The second-order valence-corrected chi connectivity index (χ2v) is 7.18. The molecule has 1 aromatic rings. The molecular formula is C20H31N5O6. The Kier molecular flexibility index (Phi) is 11.0. The van der Waals surface area contributed by atoms with Crippen molar-refractivity contribution < 1.29 is 29.4 Å². The first-order chi connectivity index (χ1) is 14.6. The summed E-state index contributed by atoms with van der Waals surface area (Å²) in [4.78, 5) is 48.0. The summed E-state index contributed by atoms with van der Waals surface area (Å²) in [5, 5.41) is 26.1. The van der Waals surface area contributed by atoms with E-state index in [1.54, 1.807) is 12.1 Å². The number of phenolic OH excluding ortho intramolecular Hbond substituents is 1. The van der Waals surface area contributed by atoms with Crippen LogP contribution in [0.5, 0.6) is 5.75 Å². The number of unbranched alkanes of at least 4 members (excludes halogenated alkanes) is 1. The Morgan fingerprint density at radius 3 is 2.19 bits per heavy atom. The molecule has 1 rings (SSSR count). The van der Waals surface area contributed by atoms with E-state index in [4.69, 9.17) is 11.5 Å². The van der Waals surface area contributed by atoms with Gasteiger partial charge in [-0.3, -0.25) is 14.4 Å². The lowest BCUT2D eigenvalue weighted by Gasteiger charge is -2.22. The predicted octanol–water partition coefficient (Wildman–Crippen LogP) is -1.42. The molecule has 0 radical (unpaired) electrons. The first kappa shape index (κ1) is 25.9. The van der Waals surface area contributed by atoms with Crippen LogP contribution in [0, 0.1) is 0 Å². The average Bonchev–Trinajstić information content (AvgIpc) is 2.72. The van der Waals surface area contributed by atoms with Gasteiger partial charge in [-0.25, -0.2) is 4.79 Å². The largest absolute Gasteiger partial charge is 0.508 e. The third kappa shape index (κ3) is 9.92. The van der Waals surface area contributed by atoms with Crippen LogP contribution >= 0.6 is 0 Å². The fraction of sp³-hybridized carbons (Fsp3) is 0.500. The van der Waals surface area contributed by atoms with E-state index in [1.165, 1.54) is 19.1 Å². The summed E-state index contributed by atoms with van der Waals surface area (Å²) < 4.78 is 0. The van der Waals surface area contributed by atoms with Gasteiger partial charge in [-0.1, -0.05) is 12.1 Å². The minimum Gasteiger partial charge on any atom is -0.508 e. The van der Waals surface area contributed by atoms with Crippen molar-refractivity contribution in [1.29, 1.82) is 0 Å². The molecule has 31 heavy (non-hydrogen) atoms. The van der Waals surface area contributed by atoms with Gasteiger partial charge in [-0.2, -0.15) is 0 Å². The highest BCUT2D eigenvalue weighted by atomic mass is 16.4. The van der Waals surface area contributed by atoms with E-state index in [0.29, 0.717) is 24.9 Å². The van der Waals surface area contributed by atoms with Crippen LogP contribution in [0.4, 0.5) is 0 Å². The molecule has 11 nitrogen and oxygen atoms in total. The second kappa shape index (κ2) is 13.2. The number of carbonyl (C=O) groups is 4. The highest BCUT2D eigenvalue weighted by molar-refractivity contribution is 5.92. The topological polar surface area (TPSA) is 197 Å². The molecule has 3 unspecified atom stereocenters. The normalized spacial score (nSPS) is 13.5. The Morgan fingerprint density at radius 1 is 1.00 bits per heavy atom. The van der Waals surface area contributed by atoms with Crippen molar-refractivity contribution >= 4 is 23.7 Å². The predicted molar refractivity (Wildman–Crippen MR) is 113 cm³/mol. The van der Waals surface area contributed by atoms with E-state index >= 15 is 0 Å². The average molecular weight is 437 g/mol. The first-order valence-electron chi connectivity index (χ1n) is 9.97. The van der Waals surface area contributed by atoms with Gasteiger partial charge in [0.25, 0.3) is 0 Å². The Bertz CT molecular complexity index is 753. The molecule has 0 fully saturated rings. The Hall–Kier alpha value is -3.18. The first-order valence-corrected chi connectivity index (χ1v) is 9.97. The van der Waals surface area contributed by atoms with Crippen LogP contribution in [0.2, 0.25) is 0 Å². The number of hydrogen-bond donors (Lipinski definition) is 7.